The summed E-state index contributed by atoms with van der Waals surface area (Å²) < 4.78 is 22.7. The monoisotopic (exact) mass is 340 g/mol. The Kier molecular flexibility index (Phi) is 8.60. The molecule has 0 fully saturated rings. The standard InChI is InChI=1S/C12H17ClN2O3S.ClH/c13-5-7-19(17,18)8-6-15-12(16)9-10-1-3-11(14)4-2-10;/h1-4H,5-9,14H2,(H,15,16);1H. The Labute approximate surface area is 130 Å². The van der Waals surface area contributed by atoms with Gasteiger partial charge in [0.05, 0.1) is 17.9 Å². The number of nitrogens with two attached hydrogens (primary N) is 1. The third-order valence-electron chi connectivity index (χ3n) is 2.47. The fourth-order valence-corrected chi connectivity index (χ4v) is 3.01. The molecule has 0 atom stereocenters. The van der Waals surface area contributed by atoms with Gasteiger partial charge < -0.3 is 11.1 Å². The van der Waals surface area contributed by atoms with E-state index in [1.54, 1.807) is 24.3 Å². The first-order valence-corrected chi connectivity index (χ1v) is 8.16. The SMILES string of the molecule is Cl.Nc1ccc(CC(=O)NCCS(=O)(=O)CCCl)cc1. The van der Waals surface area contributed by atoms with E-state index in [0.717, 1.165) is 5.56 Å². The van der Waals surface area contributed by atoms with Gasteiger partial charge in [-0.25, -0.2) is 8.42 Å². The van der Waals surface area contributed by atoms with Gasteiger partial charge in [-0.2, -0.15) is 0 Å². The zero-order valence-electron chi connectivity index (χ0n) is 10.8. The highest BCUT2D eigenvalue weighted by atomic mass is 35.5. The molecular formula is C12H18Cl2N2O3S. The number of carbonyl (C=O) groups is 1. The molecule has 0 saturated carbocycles. The summed E-state index contributed by atoms with van der Waals surface area (Å²) in [6.07, 6.45) is 0.204. The molecule has 0 spiro atoms. The predicted octanol–water partition coefficient (Wildman–Crippen LogP) is 1.00. The quantitative estimate of drug-likeness (QED) is 0.572. The molecule has 0 heterocycles. The van der Waals surface area contributed by atoms with Crippen molar-refractivity contribution in [3.8, 4) is 0 Å². The second-order valence-corrected chi connectivity index (χ2v) is 6.79. The highest BCUT2D eigenvalue weighted by Gasteiger charge is 2.10. The maximum Gasteiger partial charge on any atom is 0.224 e. The first-order valence-electron chi connectivity index (χ1n) is 5.80. The number of sulfone groups is 1. The topological polar surface area (TPSA) is 89.3 Å². The molecule has 0 aliphatic rings. The van der Waals surface area contributed by atoms with Gasteiger partial charge in [0.2, 0.25) is 5.91 Å². The fourth-order valence-electron chi connectivity index (χ4n) is 1.45. The van der Waals surface area contributed by atoms with E-state index in [-0.39, 0.29) is 48.7 Å². The molecule has 3 N–H and O–H groups in total. The number of hydrogen-bond donors (Lipinski definition) is 2. The van der Waals surface area contributed by atoms with Crippen LogP contribution in [-0.4, -0.2) is 38.3 Å². The Morgan fingerprint density at radius 3 is 2.35 bits per heavy atom. The molecule has 5 nitrogen and oxygen atoms in total. The lowest BCUT2D eigenvalue weighted by Gasteiger charge is -2.06. The highest BCUT2D eigenvalue weighted by Crippen LogP contribution is 2.05. The van der Waals surface area contributed by atoms with Crippen LogP contribution in [0.1, 0.15) is 5.56 Å². The third-order valence-corrected chi connectivity index (χ3v) is 4.53. The summed E-state index contributed by atoms with van der Waals surface area (Å²) in [5.74, 6) is -0.303. The first kappa shape index (κ1) is 19.0. The van der Waals surface area contributed by atoms with E-state index in [9.17, 15) is 13.2 Å². The number of rotatable bonds is 7. The fraction of sp³-hybridized carbons (Fsp3) is 0.417. The Morgan fingerprint density at radius 2 is 1.80 bits per heavy atom. The van der Waals surface area contributed by atoms with Crippen LogP contribution < -0.4 is 11.1 Å². The van der Waals surface area contributed by atoms with Crippen molar-refractivity contribution in [2.75, 3.05) is 29.7 Å². The number of nitrogen functional groups attached to an aromatic ring is 1. The normalized spacial score (nSPS) is 10.7. The zero-order chi connectivity index (χ0) is 14.3. The van der Waals surface area contributed by atoms with Gasteiger partial charge in [0.25, 0.3) is 0 Å². The van der Waals surface area contributed by atoms with E-state index in [1.165, 1.54) is 0 Å². The minimum Gasteiger partial charge on any atom is -0.399 e. The van der Waals surface area contributed by atoms with Crippen LogP contribution in [-0.2, 0) is 21.1 Å². The Morgan fingerprint density at radius 1 is 1.20 bits per heavy atom. The van der Waals surface area contributed by atoms with Crippen molar-refractivity contribution < 1.29 is 13.2 Å². The smallest absolute Gasteiger partial charge is 0.224 e. The van der Waals surface area contributed by atoms with Crippen molar-refractivity contribution in [3.05, 3.63) is 29.8 Å². The maximum atomic E-state index is 11.6. The van der Waals surface area contributed by atoms with Crippen LogP contribution in [0.3, 0.4) is 0 Å². The molecule has 1 aromatic carbocycles. The molecule has 1 rings (SSSR count). The van der Waals surface area contributed by atoms with Gasteiger partial charge in [0, 0.05) is 18.1 Å². The summed E-state index contributed by atoms with van der Waals surface area (Å²) in [5, 5.41) is 2.57. The van der Waals surface area contributed by atoms with Crippen molar-refractivity contribution >= 4 is 45.4 Å². The van der Waals surface area contributed by atoms with E-state index in [4.69, 9.17) is 17.3 Å². The van der Waals surface area contributed by atoms with E-state index in [0.29, 0.717) is 5.69 Å². The van der Waals surface area contributed by atoms with Gasteiger partial charge in [-0.15, -0.1) is 24.0 Å². The Balaban J connectivity index is 0.00000361. The van der Waals surface area contributed by atoms with E-state index in [1.807, 2.05) is 0 Å². The van der Waals surface area contributed by atoms with E-state index >= 15 is 0 Å². The molecular weight excluding hydrogens is 323 g/mol. The third kappa shape index (κ3) is 7.57. The minimum atomic E-state index is -3.17. The lowest BCUT2D eigenvalue weighted by molar-refractivity contribution is -0.120. The van der Waals surface area contributed by atoms with Crippen molar-refractivity contribution in [1.29, 1.82) is 0 Å². The lowest BCUT2D eigenvalue weighted by Crippen LogP contribution is -2.31. The summed E-state index contributed by atoms with van der Waals surface area (Å²) in [5.41, 5.74) is 7.00. The highest BCUT2D eigenvalue weighted by molar-refractivity contribution is 7.91. The number of carbonyl (C=O) groups excluding carboxylic acids is 1. The number of anilines is 1. The number of halogens is 2. The molecule has 0 radical (unpaired) electrons. The van der Waals surface area contributed by atoms with Gasteiger partial charge in [0.1, 0.15) is 0 Å². The predicted molar refractivity (Wildman–Crippen MR) is 84.2 cm³/mol. The number of hydrogen-bond acceptors (Lipinski definition) is 4. The molecule has 0 aliphatic carbocycles. The molecule has 8 heteroatoms. The van der Waals surface area contributed by atoms with Gasteiger partial charge in [0.15, 0.2) is 9.84 Å². The van der Waals surface area contributed by atoms with Crippen LogP contribution in [0.4, 0.5) is 5.69 Å². The van der Waals surface area contributed by atoms with Crippen LogP contribution >= 0.6 is 24.0 Å². The lowest BCUT2D eigenvalue weighted by atomic mass is 10.1. The number of amides is 1. The van der Waals surface area contributed by atoms with E-state index < -0.39 is 9.84 Å². The van der Waals surface area contributed by atoms with Crippen LogP contribution in [0.25, 0.3) is 0 Å². The summed E-state index contributed by atoms with van der Waals surface area (Å²) >= 11 is 5.37. The summed E-state index contributed by atoms with van der Waals surface area (Å²) in [6.45, 7) is 0.104. The molecule has 114 valence electrons. The van der Waals surface area contributed by atoms with Gasteiger partial charge in [-0.1, -0.05) is 12.1 Å². The Hall–Kier alpha value is -0.980. The molecule has 0 bridgehead atoms. The molecule has 1 aromatic rings. The maximum absolute atomic E-state index is 11.6. The summed E-state index contributed by atoms with van der Waals surface area (Å²) in [7, 11) is -3.17. The molecule has 1 amide bonds. The number of benzene rings is 1. The number of nitrogens with one attached hydrogen (secondary N) is 1. The van der Waals surface area contributed by atoms with Crippen LogP contribution in [0, 0.1) is 0 Å². The van der Waals surface area contributed by atoms with Gasteiger partial charge >= 0.3 is 0 Å². The van der Waals surface area contributed by atoms with Gasteiger partial charge in [-0.05, 0) is 17.7 Å². The van der Waals surface area contributed by atoms with Crippen molar-refractivity contribution in [1.82, 2.24) is 5.32 Å². The average molecular weight is 341 g/mol. The molecule has 0 saturated heterocycles. The molecule has 0 aromatic heterocycles. The Bertz CT molecular complexity index is 518. The van der Waals surface area contributed by atoms with Crippen molar-refractivity contribution in [2.45, 2.75) is 6.42 Å². The summed E-state index contributed by atoms with van der Waals surface area (Å²) in [4.78, 5) is 11.6. The second kappa shape index (κ2) is 9.05. The molecule has 0 aliphatic heterocycles. The van der Waals surface area contributed by atoms with E-state index in [2.05, 4.69) is 5.32 Å². The molecule has 20 heavy (non-hydrogen) atoms. The van der Waals surface area contributed by atoms with Crippen molar-refractivity contribution in [2.24, 2.45) is 0 Å². The van der Waals surface area contributed by atoms with Crippen LogP contribution in [0.15, 0.2) is 24.3 Å². The zero-order valence-corrected chi connectivity index (χ0v) is 13.2. The minimum absolute atomic E-state index is 0. The largest absolute Gasteiger partial charge is 0.399 e. The summed E-state index contributed by atoms with van der Waals surface area (Å²) in [6, 6.07) is 6.96. The van der Waals surface area contributed by atoms with Crippen LogP contribution in [0.2, 0.25) is 0 Å². The van der Waals surface area contributed by atoms with Gasteiger partial charge in [-0.3, -0.25) is 4.79 Å². The number of alkyl halides is 1. The van der Waals surface area contributed by atoms with Crippen LogP contribution in [0.5, 0.6) is 0 Å². The molecule has 0 unspecified atom stereocenters. The first-order chi connectivity index (χ1) is 8.93. The van der Waals surface area contributed by atoms with Crippen molar-refractivity contribution in [3.63, 3.8) is 0 Å². The second-order valence-electron chi connectivity index (χ2n) is 4.11. The average Bonchev–Trinajstić information content (AvgIpc) is 2.31.